The number of likely N-dealkylation sites (N-methyl/N-ethyl adjacent to an activating group) is 1. The lowest BCUT2D eigenvalue weighted by Gasteiger charge is -2.37. The lowest BCUT2D eigenvalue weighted by Crippen LogP contribution is -2.41. The predicted octanol–water partition coefficient (Wildman–Crippen LogP) is 3.86. The van der Waals surface area contributed by atoms with Gasteiger partial charge in [0.2, 0.25) is 0 Å². The molecule has 2 unspecified atom stereocenters. The highest BCUT2D eigenvalue weighted by atomic mass is 14.9. The first-order chi connectivity index (χ1) is 9.78. The number of benzene rings is 2. The van der Waals surface area contributed by atoms with Crippen LogP contribution in [-0.4, -0.2) is 12.6 Å². The van der Waals surface area contributed by atoms with Gasteiger partial charge in [-0.1, -0.05) is 61.0 Å². The van der Waals surface area contributed by atoms with Gasteiger partial charge in [-0.3, -0.25) is 0 Å². The van der Waals surface area contributed by atoms with E-state index < -0.39 is 0 Å². The largest absolute Gasteiger partial charge is 0.313 e. The summed E-state index contributed by atoms with van der Waals surface area (Å²) < 4.78 is 0. The molecule has 0 bridgehead atoms. The van der Waals surface area contributed by atoms with E-state index in [2.05, 4.69) is 67.7 Å². The first-order valence-electron chi connectivity index (χ1n) is 7.64. The zero-order valence-corrected chi connectivity index (χ0v) is 12.4. The number of fused-ring (bicyclic) bond motifs is 1. The van der Waals surface area contributed by atoms with Crippen LogP contribution in [0.2, 0.25) is 0 Å². The van der Waals surface area contributed by atoms with E-state index in [-0.39, 0.29) is 0 Å². The van der Waals surface area contributed by atoms with Crippen LogP contribution in [-0.2, 0) is 12.8 Å². The molecule has 1 aliphatic carbocycles. The smallest absolute Gasteiger partial charge is 0.0179 e. The Morgan fingerprint density at radius 3 is 2.75 bits per heavy atom. The van der Waals surface area contributed by atoms with Crippen LogP contribution in [0.15, 0.2) is 48.5 Å². The lowest BCUT2D eigenvalue weighted by molar-refractivity contribution is 0.405. The Kier molecular flexibility index (Phi) is 3.88. The molecule has 2 atom stereocenters. The molecule has 1 aliphatic rings. The predicted molar refractivity (Wildman–Crippen MR) is 85.2 cm³/mol. The van der Waals surface area contributed by atoms with E-state index in [1.165, 1.54) is 23.1 Å². The topological polar surface area (TPSA) is 12.0 Å². The molecule has 0 heterocycles. The number of nitrogens with one attached hydrogen (secondary N) is 1. The van der Waals surface area contributed by atoms with Gasteiger partial charge >= 0.3 is 0 Å². The van der Waals surface area contributed by atoms with E-state index >= 15 is 0 Å². The summed E-state index contributed by atoms with van der Waals surface area (Å²) in [5.74, 6) is 0.673. The van der Waals surface area contributed by atoms with Crippen LogP contribution in [0.3, 0.4) is 0 Å². The summed E-state index contributed by atoms with van der Waals surface area (Å²) in [5, 5.41) is 3.69. The molecule has 0 aliphatic heterocycles. The van der Waals surface area contributed by atoms with Crippen LogP contribution < -0.4 is 5.32 Å². The molecule has 0 fully saturated rings. The first-order valence-corrected chi connectivity index (χ1v) is 7.64. The Bertz CT molecular complexity index is 588. The van der Waals surface area contributed by atoms with Crippen molar-refractivity contribution in [3.63, 3.8) is 0 Å². The summed E-state index contributed by atoms with van der Waals surface area (Å²) in [7, 11) is 0. The van der Waals surface area contributed by atoms with Crippen LogP contribution in [0.25, 0.3) is 0 Å². The second-order valence-electron chi connectivity index (χ2n) is 5.87. The molecule has 3 rings (SSSR count). The van der Waals surface area contributed by atoms with E-state index in [4.69, 9.17) is 0 Å². The third-order valence-corrected chi connectivity index (χ3v) is 4.38. The van der Waals surface area contributed by atoms with Crippen molar-refractivity contribution in [1.82, 2.24) is 5.32 Å². The van der Waals surface area contributed by atoms with Gasteiger partial charge in [-0.05, 0) is 43.0 Å². The molecule has 1 N–H and O–H groups in total. The molecule has 2 aromatic rings. The average molecular weight is 265 g/mol. The Hall–Kier alpha value is -1.60. The second-order valence-corrected chi connectivity index (χ2v) is 5.87. The van der Waals surface area contributed by atoms with Crippen LogP contribution in [0.5, 0.6) is 0 Å². The van der Waals surface area contributed by atoms with Gasteiger partial charge in [0, 0.05) is 12.0 Å². The maximum absolute atomic E-state index is 3.69. The molecule has 0 amide bonds. The monoisotopic (exact) mass is 265 g/mol. The Labute approximate surface area is 122 Å². The standard InChI is InChI=1S/C19H23N/c1-3-20-19(12-15-8-6-7-14(2)11-15)18-13-16-9-4-5-10-17(16)18/h4-11,18-20H,3,12-13H2,1-2H3. The molecule has 0 spiro atoms. The zero-order valence-electron chi connectivity index (χ0n) is 12.4. The molecule has 0 aromatic heterocycles. The summed E-state index contributed by atoms with van der Waals surface area (Å²) >= 11 is 0. The van der Waals surface area contributed by atoms with Crippen molar-refractivity contribution in [3.8, 4) is 0 Å². The van der Waals surface area contributed by atoms with Crippen molar-refractivity contribution in [3.05, 3.63) is 70.8 Å². The Balaban J connectivity index is 1.77. The van der Waals surface area contributed by atoms with Crippen molar-refractivity contribution in [1.29, 1.82) is 0 Å². The van der Waals surface area contributed by atoms with Gasteiger partial charge in [-0.2, -0.15) is 0 Å². The number of hydrogen-bond acceptors (Lipinski definition) is 1. The molecular formula is C19H23N. The maximum Gasteiger partial charge on any atom is 0.0179 e. The van der Waals surface area contributed by atoms with Gasteiger partial charge in [0.15, 0.2) is 0 Å². The summed E-state index contributed by atoms with van der Waals surface area (Å²) in [6.45, 7) is 5.41. The molecule has 0 radical (unpaired) electrons. The normalized spacial score (nSPS) is 18.2. The fourth-order valence-electron chi connectivity index (χ4n) is 3.37. The van der Waals surface area contributed by atoms with Crippen molar-refractivity contribution >= 4 is 0 Å². The molecular weight excluding hydrogens is 242 g/mol. The minimum atomic E-state index is 0.553. The second kappa shape index (κ2) is 5.80. The Morgan fingerprint density at radius 1 is 1.15 bits per heavy atom. The van der Waals surface area contributed by atoms with E-state index in [1.807, 2.05) is 0 Å². The number of aryl methyl sites for hydroxylation is 1. The molecule has 104 valence electrons. The highest BCUT2D eigenvalue weighted by molar-refractivity contribution is 5.41. The molecule has 0 saturated heterocycles. The quantitative estimate of drug-likeness (QED) is 0.865. The van der Waals surface area contributed by atoms with Crippen molar-refractivity contribution in [2.75, 3.05) is 6.54 Å². The number of rotatable bonds is 5. The average Bonchev–Trinajstić information content (AvgIpc) is 2.40. The summed E-state index contributed by atoms with van der Waals surface area (Å²) in [6.07, 6.45) is 2.34. The zero-order chi connectivity index (χ0) is 13.9. The Morgan fingerprint density at radius 2 is 2.00 bits per heavy atom. The van der Waals surface area contributed by atoms with E-state index in [0.717, 1.165) is 13.0 Å². The summed E-state index contributed by atoms with van der Waals surface area (Å²) in [6, 6.07) is 18.3. The minimum absolute atomic E-state index is 0.553. The SMILES string of the molecule is CCNC(Cc1cccc(C)c1)C1Cc2ccccc21. The van der Waals surface area contributed by atoms with Crippen molar-refractivity contribution in [2.24, 2.45) is 0 Å². The molecule has 1 nitrogen and oxygen atoms in total. The third-order valence-electron chi connectivity index (χ3n) is 4.38. The van der Waals surface area contributed by atoms with Gasteiger partial charge in [0.05, 0.1) is 0 Å². The van der Waals surface area contributed by atoms with Crippen LogP contribution in [0.4, 0.5) is 0 Å². The van der Waals surface area contributed by atoms with Gasteiger partial charge in [-0.15, -0.1) is 0 Å². The molecule has 1 heteroatoms. The van der Waals surface area contributed by atoms with Crippen LogP contribution >= 0.6 is 0 Å². The van der Waals surface area contributed by atoms with E-state index in [9.17, 15) is 0 Å². The van der Waals surface area contributed by atoms with Gasteiger partial charge < -0.3 is 5.32 Å². The van der Waals surface area contributed by atoms with Crippen molar-refractivity contribution in [2.45, 2.75) is 38.6 Å². The maximum atomic E-state index is 3.69. The third kappa shape index (κ3) is 2.64. The fourth-order valence-corrected chi connectivity index (χ4v) is 3.37. The fraction of sp³-hybridized carbons (Fsp3) is 0.368. The highest BCUT2D eigenvalue weighted by Crippen LogP contribution is 2.38. The van der Waals surface area contributed by atoms with Gasteiger partial charge in [0.1, 0.15) is 0 Å². The summed E-state index contributed by atoms with van der Waals surface area (Å²) in [4.78, 5) is 0. The van der Waals surface area contributed by atoms with Gasteiger partial charge in [0.25, 0.3) is 0 Å². The van der Waals surface area contributed by atoms with Gasteiger partial charge in [-0.25, -0.2) is 0 Å². The summed E-state index contributed by atoms with van der Waals surface area (Å²) in [5.41, 5.74) is 5.88. The molecule has 20 heavy (non-hydrogen) atoms. The minimum Gasteiger partial charge on any atom is -0.313 e. The molecule has 2 aromatic carbocycles. The van der Waals surface area contributed by atoms with E-state index in [1.54, 1.807) is 5.56 Å². The van der Waals surface area contributed by atoms with E-state index in [0.29, 0.717) is 12.0 Å². The first kappa shape index (κ1) is 13.4. The van der Waals surface area contributed by atoms with Crippen LogP contribution in [0.1, 0.15) is 35.1 Å². The number of hydrogen-bond donors (Lipinski definition) is 1. The highest BCUT2D eigenvalue weighted by Gasteiger charge is 2.32. The van der Waals surface area contributed by atoms with Crippen molar-refractivity contribution < 1.29 is 0 Å². The van der Waals surface area contributed by atoms with Crippen LogP contribution in [0, 0.1) is 6.92 Å². The molecule has 0 saturated carbocycles. The lowest BCUT2D eigenvalue weighted by atomic mass is 9.72.